The minimum absolute atomic E-state index is 0.303. The van der Waals surface area contributed by atoms with Gasteiger partial charge in [0.2, 0.25) is 0 Å². The van der Waals surface area contributed by atoms with E-state index in [1.807, 2.05) is 0 Å². The van der Waals surface area contributed by atoms with Crippen LogP contribution in [-0.4, -0.2) is 28.8 Å². The number of thiol groups is 1. The Kier molecular flexibility index (Phi) is 4.85. The molecule has 0 saturated heterocycles. The summed E-state index contributed by atoms with van der Waals surface area (Å²) in [6.45, 7) is 0. The van der Waals surface area contributed by atoms with Crippen LogP contribution >= 0.6 is 12.6 Å². The lowest BCUT2D eigenvalue weighted by Crippen LogP contribution is -2.41. The summed E-state index contributed by atoms with van der Waals surface area (Å²) in [6.07, 6.45) is 0.303. The monoisotopic (exact) mass is 239 g/mol. The van der Waals surface area contributed by atoms with E-state index in [1.54, 1.807) is 30.3 Å². The van der Waals surface area contributed by atoms with Crippen molar-refractivity contribution in [2.75, 3.05) is 5.75 Å². The van der Waals surface area contributed by atoms with Gasteiger partial charge in [0.05, 0.1) is 0 Å². The smallest absolute Gasteiger partial charge is 0.326 e. The van der Waals surface area contributed by atoms with Crippen LogP contribution in [0.2, 0.25) is 0 Å². The highest BCUT2D eigenvalue weighted by Gasteiger charge is 2.19. The highest BCUT2D eigenvalue weighted by Crippen LogP contribution is 2.01. The molecule has 86 valence electrons. The molecule has 1 aromatic rings. The van der Waals surface area contributed by atoms with Crippen molar-refractivity contribution in [1.29, 1.82) is 0 Å². The van der Waals surface area contributed by atoms with Crippen molar-refractivity contribution >= 4 is 24.5 Å². The molecule has 0 unspecified atom stereocenters. The molecule has 0 aliphatic rings. The Bertz CT molecular complexity index is 367. The van der Waals surface area contributed by atoms with Crippen LogP contribution in [0.3, 0.4) is 0 Å². The van der Waals surface area contributed by atoms with Crippen molar-refractivity contribution in [3.05, 3.63) is 35.9 Å². The van der Waals surface area contributed by atoms with Crippen LogP contribution in [0.5, 0.6) is 0 Å². The van der Waals surface area contributed by atoms with Gasteiger partial charge in [0.15, 0.2) is 0 Å². The Morgan fingerprint density at radius 3 is 2.44 bits per heavy atom. The third-order valence-corrected chi connectivity index (χ3v) is 2.32. The number of carbonyl (C=O) groups is 2. The van der Waals surface area contributed by atoms with E-state index in [-0.39, 0.29) is 5.91 Å². The van der Waals surface area contributed by atoms with Crippen molar-refractivity contribution in [2.45, 2.75) is 12.5 Å². The molecule has 1 rings (SSSR count). The van der Waals surface area contributed by atoms with Crippen LogP contribution in [0.25, 0.3) is 0 Å². The topological polar surface area (TPSA) is 66.4 Å². The minimum atomic E-state index is -1.04. The number of rotatable bonds is 5. The van der Waals surface area contributed by atoms with Gasteiger partial charge in [-0.05, 0) is 24.3 Å². The van der Waals surface area contributed by atoms with Gasteiger partial charge in [0, 0.05) is 5.56 Å². The number of carboxylic acids is 1. The van der Waals surface area contributed by atoms with E-state index < -0.39 is 12.0 Å². The number of nitrogens with one attached hydrogen (secondary N) is 1. The fraction of sp³-hybridized carbons (Fsp3) is 0.273. The average molecular weight is 239 g/mol. The molecule has 1 atom stereocenters. The van der Waals surface area contributed by atoms with E-state index in [4.69, 9.17) is 5.11 Å². The first kappa shape index (κ1) is 12.6. The molecule has 0 saturated carbocycles. The maximum absolute atomic E-state index is 11.6. The van der Waals surface area contributed by atoms with Gasteiger partial charge in [-0.25, -0.2) is 4.79 Å². The Morgan fingerprint density at radius 2 is 1.94 bits per heavy atom. The first-order valence-electron chi connectivity index (χ1n) is 4.84. The third kappa shape index (κ3) is 3.58. The zero-order valence-corrected chi connectivity index (χ0v) is 9.48. The van der Waals surface area contributed by atoms with E-state index in [0.29, 0.717) is 17.7 Å². The molecule has 5 heteroatoms. The van der Waals surface area contributed by atoms with Crippen molar-refractivity contribution in [3.8, 4) is 0 Å². The van der Waals surface area contributed by atoms with Gasteiger partial charge in [-0.15, -0.1) is 0 Å². The van der Waals surface area contributed by atoms with Gasteiger partial charge < -0.3 is 10.4 Å². The summed E-state index contributed by atoms with van der Waals surface area (Å²) < 4.78 is 0. The lowest BCUT2D eigenvalue weighted by Gasteiger charge is -2.13. The second-order valence-corrected chi connectivity index (χ2v) is 3.69. The molecular weight excluding hydrogens is 226 g/mol. The molecule has 1 aromatic carbocycles. The molecule has 0 aliphatic carbocycles. The molecule has 16 heavy (non-hydrogen) atoms. The summed E-state index contributed by atoms with van der Waals surface area (Å²) in [7, 11) is 0. The molecule has 0 aliphatic heterocycles. The fourth-order valence-electron chi connectivity index (χ4n) is 1.22. The Morgan fingerprint density at radius 1 is 1.31 bits per heavy atom. The third-order valence-electron chi connectivity index (χ3n) is 2.06. The van der Waals surface area contributed by atoms with E-state index in [0.717, 1.165) is 0 Å². The number of amides is 1. The Labute approximate surface area is 99.1 Å². The lowest BCUT2D eigenvalue weighted by atomic mass is 10.1. The number of hydrogen-bond acceptors (Lipinski definition) is 3. The maximum Gasteiger partial charge on any atom is 0.326 e. The molecule has 0 fully saturated rings. The quantitative estimate of drug-likeness (QED) is 0.676. The predicted molar refractivity (Wildman–Crippen MR) is 63.8 cm³/mol. The molecule has 0 bridgehead atoms. The van der Waals surface area contributed by atoms with E-state index in [2.05, 4.69) is 17.9 Å². The van der Waals surface area contributed by atoms with Crippen LogP contribution < -0.4 is 5.32 Å². The molecule has 0 heterocycles. The van der Waals surface area contributed by atoms with Gasteiger partial charge in [0.25, 0.3) is 5.91 Å². The lowest BCUT2D eigenvalue weighted by molar-refractivity contribution is -0.139. The molecular formula is C11H13NO3S. The van der Waals surface area contributed by atoms with Crippen molar-refractivity contribution in [2.24, 2.45) is 0 Å². The summed E-state index contributed by atoms with van der Waals surface area (Å²) in [5.41, 5.74) is 0.452. The first-order valence-corrected chi connectivity index (χ1v) is 5.48. The summed E-state index contributed by atoms with van der Waals surface area (Å²) in [5.74, 6) is -1.01. The van der Waals surface area contributed by atoms with Gasteiger partial charge in [-0.3, -0.25) is 4.79 Å². The van der Waals surface area contributed by atoms with Gasteiger partial charge >= 0.3 is 5.97 Å². The minimum Gasteiger partial charge on any atom is -0.480 e. The van der Waals surface area contributed by atoms with Crippen LogP contribution in [0.15, 0.2) is 30.3 Å². The number of benzene rings is 1. The maximum atomic E-state index is 11.6. The largest absolute Gasteiger partial charge is 0.480 e. The number of carboxylic acid groups (broad SMARTS) is 1. The zero-order valence-electron chi connectivity index (χ0n) is 8.59. The first-order chi connectivity index (χ1) is 7.65. The van der Waals surface area contributed by atoms with Crippen molar-refractivity contribution < 1.29 is 14.7 Å². The summed E-state index contributed by atoms with van der Waals surface area (Å²) in [5, 5.41) is 11.3. The molecule has 0 spiro atoms. The summed E-state index contributed by atoms with van der Waals surface area (Å²) in [6, 6.07) is 7.63. The molecule has 2 N–H and O–H groups in total. The molecule has 1 amide bonds. The molecule has 0 radical (unpaired) electrons. The van der Waals surface area contributed by atoms with E-state index >= 15 is 0 Å². The molecule has 0 aromatic heterocycles. The fourth-order valence-corrected chi connectivity index (χ4v) is 1.48. The standard InChI is InChI=1S/C11H13NO3S/c13-10(8-4-2-1-3-5-8)12-9(6-7-16)11(14)15/h1-5,9,16H,6-7H2,(H,12,13)(H,14,15)/t9-/m1/s1. The summed E-state index contributed by atoms with van der Waals surface area (Å²) in [4.78, 5) is 22.4. The van der Waals surface area contributed by atoms with Crippen molar-refractivity contribution in [1.82, 2.24) is 5.32 Å². The Hall–Kier alpha value is -1.49. The van der Waals surface area contributed by atoms with Crippen LogP contribution in [-0.2, 0) is 4.79 Å². The van der Waals surface area contributed by atoms with Crippen LogP contribution in [0, 0.1) is 0 Å². The number of carbonyl (C=O) groups excluding carboxylic acids is 1. The van der Waals surface area contributed by atoms with Gasteiger partial charge in [-0.2, -0.15) is 12.6 Å². The van der Waals surface area contributed by atoms with Crippen molar-refractivity contribution in [3.63, 3.8) is 0 Å². The van der Waals surface area contributed by atoms with E-state index in [9.17, 15) is 9.59 Å². The Balaban J connectivity index is 2.65. The second-order valence-electron chi connectivity index (χ2n) is 3.24. The number of aliphatic carboxylic acids is 1. The number of hydrogen-bond donors (Lipinski definition) is 3. The van der Waals surface area contributed by atoms with E-state index in [1.165, 1.54) is 0 Å². The summed E-state index contributed by atoms with van der Waals surface area (Å²) >= 11 is 3.95. The SMILES string of the molecule is O=C(N[C@H](CCS)C(=O)O)c1ccccc1. The normalized spacial score (nSPS) is 11.8. The second kappa shape index (κ2) is 6.17. The average Bonchev–Trinajstić information content (AvgIpc) is 2.29. The zero-order chi connectivity index (χ0) is 12.0. The highest BCUT2D eigenvalue weighted by molar-refractivity contribution is 7.80. The van der Waals surface area contributed by atoms with Gasteiger partial charge in [0.1, 0.15) is 6.04 Å². The highest BCUT2D eigenvalue weighted by atomic mass is 32.1. The van der Waals surface area contributed by atoms with Crippen LogP contribution in [0.4, 0.5) is 0 Å². The molecule has 4 nitrogen and oxygen atoms in total. The predicted octanol–water partition coefficient (Wildman–Crippen LogP) is 1.19. The van der Waals surface area contributed by atoms with Gasteiger partial charge in [-0.1, -0.05) is 18.2 Å². The van der Waals surface area contributed by atoms with Crippen LogP contribution in [0.1, 0.15) is 16.8 Å².